The van der Waals surface area contributed by atoms with E-state index < -0.39 is 9.84 Å². The highest BCUT2D eigenvalue weighted by Crippen LogP contribution is 2.33. The van der Waals surface area contributed by atoms with Crippen LogP contribution in [0.4, 0.5) is 4.39 Å². The fraction of sp³-hybridized carbons (Fsp3) is 0.435. The molecular weight excluding hydrogens is 451 g/mol. The van der Waals surface area contributed by atoms with Gasteiger partial charge in [-0.15, -0.1) is 11.8 Å². The Hall–Kier alpha value is -2.10. The number of amides is 1. The third kappa shape index (κ3) is 5.44. The number of halogens is 1. The lowest BCUT2D eigenvalue weighted by Crippen LogP contribution is -2.48. The number of rotatable bonds is 6. The highest BCUT2D eigenvalue weighted by molar-refractivity contribution is 8.02. The first-order chi connectivity index (χ1) is 15.3. The van der Waals surface area contributed by atoms with Gasteiger partial charge in [-0.25, -0.2) is 12.8 Å². The molecule has 0 aliphatic carbocycles. The predicted molar refractivity (Wildman–Crippen MR) is 123 cm³/mol. The van der Waals surface area contributed by atoms with Crippen molar-refractivity contribution in [2.24, 2.45) is 0 Å². The van der Waals surface area contributed by atoms with E-state index in [0.29, 0.717) is 50.5 Å². The van der Waals surface area contributed by atoms with Crippen LogP contribution in [0.15, 0.2) is 47.4 Å². The molecule has 6 nitrogen and oxygen atoms in total. The summed E-state index contributed by atoms with van der Waals surface area (Å²) in [6, 6.07) is 12.0. The lowest BCUT2D eigenvalue weighted by Gasteiger charge is -2.35. The van der Waals surface area contributed by atoms with Crippen LogP contribution in [0, 0.1) is 5.82 Å². The number of methoxy groups -OCH3 is 1. The predicted octanol–water partition coefficient (Wildman–Crippen LogP) is 3.07. The van der Waals surface area contributed by atoms with E-state index in [1.165, 1.54) is 23.9 Å². The Morgan fingerprint density at radius 2 is 1.91 bits per heavy atom. The average molecular weight is 479 g/mol. The van der Waals surface area contributed by atoms with Gasteiger partial charge in [-0.2, -0.15) is 0 Å². The van der Waals surface area contributed by atoms with Gasteiger partial charge in [0.1, 0.15) is 11.6 Å². The molecule has 0 saturated carbocycles. The Bertz CT molecular complexity index is 1090. The van der Waals surface area contributed by atoms with Gasteiger partial charge in [0.15, 0.2) is 9.84 Å². The minimum Gasteiger partial charge on any atom is -0.496 e. The Morgan fingerprint density at radius 3 is 2.59 bits per heavy atom. The number of hydrogen-bond acceptors (Lipinski definition) is 6. The second-order valence-electron chi connectivity index (χ2n) is 8.16. The molecule has 2 aromatic rings. The van der Waals surface area contributed by atoms with E-state index in [-0.39, 0.29) is 28.5 Å². The zero-order chi connectivity index (χ0) is 22.7. The van der Waals surface area contributed by atoms with Crippen LogP contribution in [0.25, 0.3) is 0 Å². The first-order valence-electron chi connectivity index (χ1n) is 10.6. The minimum atomic E-state index is -2.96. The van der Waals surface area contributed by atoms with E-state index in [2.05, 4.69) is 4.90 Å². The van der Waals surface area contributed by atoms with Crippen molar-refractivity contribution in [2.75, 3.05) is 44.8 Å². The van der Waals surface area contributed by atoms with E-state index in [1.54, 1.807) is 13.2 Å². The van der Waals surface area contributed by atoms with Crippen LogP contribution in [0.1, 0.15) is 22.3 Å². The number of nitrogens with zero attached hydrogens (tertiary/aromatic N) is 2. The summed E-state index contributed by atoms with van der Waals surface area (Å²) in [6.45, 7) is 3.08. The lowest BCUT2D eigenvalue weighted by atomic mass is 10.1. The maximum absolute atomic E-state index is 13.7. The molecule has 2 saturated heterocycles. The van der Waals surface area contributed by atoms with E-state index >= 15 is 0 Å². The zero-order valence-corrected chi connectivity index (χ0v) is 19.6. The standard InChI is InChI=1S/C23H27FN2O4S2/c1-30-21-7-6-18(24)14-17(21)15-25-9-11-26(12-10-25)23(27)20-4-2-3-5-22(20)31-19-8-13-32(28,29)16-19/h2-7,14,19H,8-13,15-16H2,1H3. The van der Waals surface area contributed by atoms with Crippen LogP contribution in [-0.4, -0.2) is 74.2 Å². The Kier molecular flexibility index (Phi) is 7.07. The molecule has 2 fully saturated rings. The summed E-state index contributed by atoms with van der Waals surface area (Å²) in [5.41, 5.74) is 1.42. The van der Waals surface area contributed by atoms with Crippen molar-refractivity contribution in [2.45, 2.75) is 23.1 Å². The van der Waals surface area contributed by atoms with E-state index in [4.69, 9.17) is 4.74 Å². The fourth-order valence-corrected chi connectivity index (χ4v) is 7.79. The van der Waals surface area contributed by atoms with Crippen molar-refractivity contribution < 1.29 is 22.3 Å². The zero-order valence-electron chi connectivity index (χ0n) is 18.0. The molecule has 9 heteroatoms. The second-order valence-corrected chi connectivity index (χ2v) is 11.7. The second kappa shape index (κ2) is 9.80. The number of piperazine rings is 1. The molecule has 2 heterocycles. The number of benzene rings is 2. The van der Waals surface area contributed by atoms with Gasteiger partial charge in [0.05, 0.1) is 24.2 Å². The van der Waals surface area contributed by atoms with Gasteiger partial charge in [0, 0.05) is 48.4 Å². The van der Waals surface area contributed by atoms with Crippen LogP contribution >= 0.6 is 11.8 Å². The van der Waals surface area contributed by atoms with Gasteiger partial charge in [-0.1, -0.05) is 12.1 Å². The maximum Gasteiger partial charge on any atom is 0.255 e. The number of sulfone groups is 1. The molecule has 4 rings (SSSR count). The Labute approximate surface area is 192 Å². The molecule has 2 aromatic carbocycles. The van der Waals surface area contributed by atoms with Crippen molar-refractivity contribution in [3.63, 3.8) is 0 Å². The summed E-state index contributed by atoms with van der Waals surface area (Å²) in [5, 5.41) is -0.00737. The molecule has 1 atom stereocenters. The van der Waals surface area contributed by atoms with Crippen molar-refractivity contribution in [3.05, 3.63) is 59.4 Å². The van der Waals surface area contributed by atoms with Gasteiger partial charge in [0.25, 0.3) is 5.91 Å². The van der Waals surface area contributed by atoms with Crippen LogP contribution in [-0.2, 0) is 16.4 Å². The number of thioether (sulfide) groups is 1. The van der Waals surface area contributed by atoms with Crippen LogP contribution in [0.2, 0.25) is 0 Å². The molecule has 0 spiro atoms. The molecular formula is C23H27FN2O4S2. The monoisotopic (exact) mass is 478 g/mol. The number of carbonyl (C=O) groups excluding carboxylic acids is 1. The molecule has 2 aliphatic heterocycles. The summed E-state index contributed by atoms with van der Waals surface area (Å²) in [5.74, 6) is 0.724. The summed E-state index contributed by atoms with van der Waals surface area (Å²) >= 11 is 1.49. The van der Waals surface area contributed by atoms with Crippen LogP contribution in [0.3, 0.4) is 0 Å². The Morgan fingerprint density at radius 1 is 1.16 bits per heavy atom. The number of carbonyl (C=O) groups is 1. The smallest absolute Gasteiger partial charge is 0.255 e. The number of hydrogen-bond donors (Lipinski definition) is 0. The Balaban J connectivity index is 1.38. The summed E-state index contributed by atoms with van der Waals surface area (Å²) in [6.07, 6.45) is 0.623. The van der Waals surface area contributed by atoms with Gasteiger partial charge >= 0.3 is 0 Å². The summed E-state index contributed by atoms with van der Waals surface area (Å²) in [7, 11) is -1.39. The number of ether oxygens (including phenoxy) is 1. The average Bonchev–Trinajstić information content (AvgIpc) is 3.12. The molecule has 0 aromatic heterocycles. The third-order valence-electron chi connectivity index (χ3n) is 5.90. The minimum absolute atomic E-state index is 0.00737. The maximum atomic E-state index is 13.7. The summed E-state index contributed by atoms with van der Waals surface area (Å²) < 4.78 is 42.6. The topological polar surface area (TPSA) is 66.9 Å². The van der Waals surface area contributed by atoms with E-state index in [1.807, 2.05) is 29.2 Å². The molecule has 172 valence electrons. The first-order valence-corrected chi connectivity index (χ1v) is 13.3. The molecule has 1 unspecified atom stereocenters. The van der Waals surface area contributed by atoms with Gasteiger partial charge in [0.2, 0.25) is 0 Å². The molecule has 0 N–H and O–H groups in total. The van der Waals surface area contributed by atoms with Crippen LogP contribution < -0.4 is 4.74 Å². The normalized spacial score (nSPS) is 20.9. The van der Waals surface area contributed by atoms with Crippen molar-refractivity contribution in [1.29, 1.82) is 0 Å². The van der Waals surface area contributed by atoms with Gasteiger partial charge in [-0.05, 0) is 36.8 Å². The molecule has 0 bridgehead atoms. The van der Waals surface area contributed by atoms with Gasteiger partial charge in [-0.3, -0.25) is 9.69 Å². The van der Waals surface area contributed by atoms with Gasteiger partial charge < -0.3 is 9.64 Å². The van der Waals surface area contributed by atoms with Crippen molar-refractivity contribution in [3.8, 4) is 5.75 Å². The van der Waals surface area contributed by atoms with Crippen LogP contribution in [0.5, 0.6) is 5.75 Å². The highest BCUT2D eigenvalue weighted by Gasteiger charge is 2.30. The van der Waals surface area contributed by atoms with E-state index in [9.17, 15) is 17.6 Å². The SMILES string of the molecule is COc1ccc(F)cc1CN1CCN(C(=O)c2ccccc2SC2CCS(=O)(=O)C2)CC1. The van der Waals surface area contributed by atoms with Crippen molar-refractivity contribution in [1.82, 2.24) is 9.80 Å². The van der Waals surface area contributed by atoms with E-state index in [0.717, 1.165) is 10.5 Å². The first kappa shape index (κ1) is 23.1. The fourth-order valence-electron chi connectivity index (χ4n) is 4.17. The summed E-state index contributed by atoms with van der Waals surface area (Å²) in [4.78, 5) is 18.1. The largest absolute Gasteiger partial charge is 0.496 e. The molecule has 32 heavy (non-hydrogen) atoms. The molecule has 0 radical (unpaired) electrons. The third-order valence-corrected chi connectivity index (χ3v) is 9.22. The molecule has 1 amide bonds. The lowest BCUT2D eigenvalue weighted by molar-refractivity contribution is 0.0624. The molecule has 2 aliphatic rings. The quantitative estimate of drug-likeness (QED) is 0.636. The highest BCUT2D eigenvalue weighted by atomic mass is 32.2. The van der Waals surface area contributed by atoms with Crippen molar-refractivity contribution >= 4 is 27.5 Å².